The van der Waals surface area contributed by atoms with Gasteiger partial charge in [0, 0.05) is 12.1 Å². The van der Waals surface area contributed by atoms with E-state index in [4.69, 9.17) is 11.6 Å². The fourth-order valence-electron chi connectivity index (χ4n) is 0.883. The molecule has 4 nitrogen and oxygen atoms in total. The molecule has 0 aliphatic heterocycles. The van der Waals surface area contributed by atoms with Crippen LogP contribution in [0.4, 0.5) is 10.1 Å². The van der Waals surface area contributed by atoms with Gasteiger partial charge in [0.05, 0.1) is 5.69 Å². The van der Waals surface area contributed by atoms with Crippen molar-refractivity contribution in [1.82, 2.24) is 5.32 Å². The number of benzene rings is 1. The highest BCUT2D eigenvalue weighted by Crippen LogP contribution is 2.18. The van der Waals surface area contributed by atoms with Crippen molar-refractivity contribution in [1.29, 1.82) is 0 Å². The van der Waals surface area contributed by atoms with Gasteiger partial charge in [-0.3, -0.25) is 9.59 Å². The monoisotopic (exact) mass is 230 g/mol. The molecule has 6 heteroatoms. The Hall–Kier alpha value is -1.62. The van der Waals surface area contributed by atoms with Crippen molar-refractivity contribution in [3.05, 3.63) is 29.0 Å². The third-order valence-corrected chi connectivity index (χ3v) is 1.85. The molecule has 0 atom stereocenters. The molecule has 0 unspecified atom stereocenters. The van der Waals surface area contributed by atoms with Crippen molar-refractivity contribution in [3.8, 4) is 0 Å². The summed E-state index contributed by atoms with van der Waals surface area (Å²) in [6, 6.07) is 3.73. The van der Waals surface area contributed by atoms with Crippen LogP contribution < -0.4 is 10.6 Å². The molecule has 1 aromatic rings. The van der Waals surface area contributed by atoms with Crippen LogP contribution in [0.25, 0.3) is 0 Å². The minimum Gasteiger partial charge on any atom is -0.351 e. The first-order valence-corrected chi connectivity index (χ1v) is 4.40. The van der Waals surface area contributed by atoms with Gasteiger partial charge in [-0.1, -0.05) is 11.6 Å². The lowest BCUT2D eigenvalue weighted by Gasteiger charge is -2.05. The third-order valence-electron chi connectivity index (χ3n) is 1.61. The molecule has 0 aliphatic rings. The van der Waals surface area contributed by atoms with Crippen LogP contribution in [0, 0.1) is 5.82 Å². The zero-order chi connectivity index (χ0) is 11.4. The molecule has 0 aromatic heterocycles. The summed E-state index contributed by atoms with van der Waals surface area (Å²) in [6.07, 6.45) is 0. The van der Waals surface area contributed by atoms with Gasteiger partial charge in [0.1, 0.15) is 5.82 Å². The summed E-state index contributed by atoms with van der Waals surface area (Å²) in [5.41, 5.74) is -0.0898. The van der Waals surface area contributed by atoms with Gasteiger partial charge >= 0.3 is 11.8 Å². The molecule has 0 aliphatic carbocycles. The Labute approximate surface area is 90.4 Å². The maximum atomic E-state index is 13.1. The number of amides is 2. The summed E-state index contributed by atoms with van der Waals surface area (Å²) in [5.74, 6) is -2.47. The number of likely N-dealkylation sites (N-methyl/N-ethyl adjacent to an activating group) is 1. The first-order chi connectivity index (χ1) is 7.04. The summed E-state index contributed by atoms with van der Waals surface area (Å²) in [6.45, 7) is 0. The third kappa shape index (κ3) is 2.92. The van der Waals surface area contributed by atoms with Gasteiger partial charge in [-0.15, -0.1) is 0 Å². The van der Waals surface area contributed by atoms with Crippen LogP contribution in [0.1, 0.15) is 0 Å². The average molecular weight is 231 g/mol. The highest BCUT2D eigenvalue weighted by atomic mass is 35.5. The van der Waals surface area contributed by atoms with Crippen LogP contribution >= 0.6 is 11.6 Å². The minimum absolute atomic E-state index is 0.0898. The lowest BCUT2D eigenvalue weighted by molar-refractivity contribution is -0.135. The Morgan fingerprint density at radius 2 is 2.00 bits per heavy atom. The fraction of sp³-hybridized carbons (Fsp3) is 0.111. The zero-order valence-electron chi connectivity index (χ0n) is 7.80. The summed E-state index contributed by atoms with van der Waals surface area (Å²) < 4.78 is 13.1. The van der Waals surface area contributed by atoms with Crippen molar-refractivity contribution >= 4 is 29.1 Å². The van der Waals surface area contributed by atoms with Gasteiger partial charge in [-0.2, -0.15) is 0 Å². The fourth-order valence-corrected chi connectivity index (χ4v) is 1.04. The summed E-state index contributed by atoms with van der Waals surface area (Å²) in [4.78, 5) is 21.9. The van der Waals surface area contributed by atoms with Gasteiger partial charge in [0.2, 0.25) is 0 Å². The Morgan fingerprint density at radius 1 is 1.33 bits per heavy atom. The molecule has 0 saturated carbocycles. The number of nitrogens with one attached hydrogen (secondary N) is 2. The number of anilines is 1. The van der Waals surface area contributed by atoms with E-state index in [1.165, 1.54) is 19.2 Å². The average Bonchev–Trinajstić information content (AvgIpc) is 2.20. The zero-order valence-corrected chi connectivity index (χ0v) is 8.56. The summed E-state index contributed by atoms with van der Waals surface area (Å²) in [7, 11) is 1.31. The van der Waals surface area contributed by atoms with E-state index >= 15 is 0 Å². The molecule has 2 amide bonds. The number of halogens is 2. The standard InChI is InChI=1S/C9H8ClFN2O2/c1-12-8(14)9(15)13-7-3-2-5(10)4-6(7)11/h2-4H,1H3,(H,12,14)(H,13,15). The van der Waals surface area contributed by atoms with E-state index in [-0.39, 0.29) is 10.7 Å². The van der Waals surface area contributed by atoms with Gasteiger partial charge in [0.25, 0.3) is 0 Å². The van der Waals surface area contributed by atoms with E-state index in [0.717, 1.165) is 6.07 Å². The van der Waals surface area contributed by atoms with E-state index in [1.807, 2.05) is 0 Å². The molecule has 0 bridgehead atoms. The van der Waals surface area contributed by atoms with Crippen molar-refractivity contribution in [2.24, 2.45) is 0 Å². The highest BCUT2D eigenvalue weighted by molar-refractivity contribution is 6.39. The normalized spacial score (nSPS) is 9.53. The molecule has 2 N–H and O–H groups in total. The van der Waals surface area contributed by atoms with Crippen LogP contribution in [-0.4, -0.2) is 18.9 Å². The maximum Gasteiger partial charge on any atom is 0.313 e. The van der Waals surface area contributed by atoms with Crippen molar-refractivity contribution in [3.63, 3.8) is 0 Å². The van der Waals surface area contributed by atoms with Gasteiger partial charge in [-0.25, -0.2) is 4.39 Å². The summed E-state index contributed by atoms with van der Waals surface area (Å²) in [5, 5.41) is 4.43. The molecule has 0 fully saturated rings. The number of hydrogen-bond acceptors (Lipinski definition) is 2. The molecule has 1 rings (SSSR count). The predicted molar refractivity (Wildman–Crippen MR) is 54.1 cm³/mol. The topological polar surface area (TPSA) is 58.2 Å². The van der Waals surface area contributed by atoms with E-state index in [9.17, 15) is 14.0 Å². The van der Waals surface area contributed by atoms with E-state index < -0.39 is 17.6 Å². The second kappa shape index (κ2) is 4.75. The minimum atomic E-state index is -0.932. The molecule has 0 radical (unpaired) electrons. The lowest BCUT2D eigenvalue weighted by atomic mass is 10.3. The maximum absolute atomic E-state index is 13.1. The molecule has 80 valence electrons. The van der Waals surface area contributed by atoms with Crippen LogP contribution in [0.3, 0.4) is 0 Å². The molecule has 15 heavy (non-hydrogen) atoms. The van der Waals surface area contributed by atoms with Crippen LogP contribution in [0.5, 0.6) is 0 Å². The second-order valence-electron chi connectivity index (χ2n) is 2.66. The molecule has 0 spiro atoms. The first-order valence-electron chi connectivity index (χ1n) is 4.02. The predicted octanol–water partition coefficient (Wildman–Crippen LogP) is 1.16. The van der Waals surface area contributed by atoms with Crippen molar-refractivity contribution in [2.45, 2.75) is 0 Å². The Kier molecular flexibility index (Phi) is 3.62. The Balaban J connectivity index is 2.81. The quantitative estimate of drug-likeness (QED) is 0.712. The van der Waals surface area contributed by atoms with Gasteiger partial charge in [0.15, 0.2) is 0 Å². The first kappa shape index (κ1) is 11.5. The van der Waals surface area contributed by atoms with E-state index in [2.05, 4.69) is 10.6 Å². The lowest BCUT2D eigenvalue weighted by Crippen LogP contribution is -2.32. The van der Waals surface area contributed by atoms with Gasteiger partial charge in [-0.05, 0) is 18.2 Å². The molecular formula is C9H8ClFN2O2. The van der Waals surface area contributed by atoms with Crippen molar-refractivity contribution < 1.29 is 14.0 Å². The van der Waals surface area contributed by atoms with Crippen LogP contribution in [-0.2, 0) is 9.59 Å². The molecule has 1 aromatic carbocycles. The smallest absolute Gasteiger partial charge is 0.313 e. The number of hydrogen-bond donors (Lipinski definition) is 2. The van der Waals surface area contributed by atoms with Crippen LogP contribution in [0.2, 0.25) is 5.02 Å². The van der Waals surface area contributed by atoms with Crippen LogP contribution in [0.15, 0.2) is 18.2 Å². The molecule has 0 heterocycles. The Bertz CT molecular complexity index is 409. The van der Waals surface area contributed by atoms with Gasteiger partial charge < -0.3 is 10.6 Å². The number of rotatable bonds is 1. The van der Waals surface area contributed by atoms with E-state index in [1.54, 1.807) is 0 Å². The molecular weight excluding hydrogens is 223 g/mol. The Morgan fingerprint density at radius 3 is 2.53 bits per heavy atom. The van der Waals surface area contributed by atoms with E-state index in [0.29, 0.717) is 0 Å². The highest BCUT2D eigenvalue weighted by Gasteiger charge is 2.13. The summed E-state index contributed by atoms with van der Waals surface area (Å²) >= 11 is 5.51. The molecule has 0 saturated heterocycles. The largest absolute Gasteiger partial charge is 0.351 e. The number of carbonyl (C=O) groups excluding carboxylic acids is 2. The second-order valence-corrected chi connectivity index (χ2v) is 3.09. The number of carbonyl (C=O) groups is 2. The van der Waals surface area contributed by atoms with Crippen molar-refractivity contribution in [2.75, 3.05) is 12.4 Å². The SMILES string of the molecule is CNC(=O)C(=O)Nc1ccc(Cl)cc1F.